The van der Waals surface area contributed by atoms with Crippen molar-refractivity contribution in [1.29, 1.82) is 0 Å². The molecule has 0 fully saturated rings. The maximum atomic E-state index is 13.1. The fourth-order valence-corrected chi connectivity index (χ4v) is 13.5. The molecular weight excluding hydrogens is 1400 g/mol. The summed E-state index contributed by atoms with van der Waals surface area (Å²) >= 11 is 0. The van der Waals surface area contributed by atoms with Crippen molar-refractivity contribution in [2.75, 3.05) is 39.6 Å². The van der Waals surface area contributed by atoms with Crippen molar-refractivity contribution in [3.05, 3.63) is 97.2 Å². The van der Waals surface area contributed by atoms with E-state index in [2.05, 4.69) is 125 Å². The number of carbonyl (C=O) groups is 4. The SMILES string of the molecule is CC/C=C\C/C=C\C/C=C\C/C=C\C/C=C\CCCCCC(=O)OCC(COP(=O)(O)OCC(O)COP(=O)(O)OCC(COC(=O)CCCCCCCCCCCCCCCCC)OC(=O)CCCCCCCCCCCCCCCCC)OC(=O)CCCCCCCC/C=C\C/C=C\C/C=C\CCCCC. The van der Waals surface area contributed by atoms with Gasteiger partial charge in [0.2, 0.25) is 0 Å². The van der Waals surface area contributed by atoms with Crippen molar-refractivity contribution < 1.29 is 80.2 Å². The first-order valence-corrected chi connectivity index (χ1v) is 46.5. The zero-order chi connectivity index (χ0) is 78.9. The summed E-state index contributed by atoms with van der Waals surface area (Å²) in [5.74, 6) is -2.19. The van der Waals surface area contributed by atoms with Crippen LogP contribution in [0, 0.1) is 0 Å². The highest BCUT2D eigenvalue weighted by atomic mass is 31.2. The molecule has 0 amide bonds. The summed E-state index contributed by atoms with van der Waals surface area (Å²) in [5, 5.41) is 10.7. The molecule has 19 heteroatoms. The summed E-state index contributed by atoms with van der Waals surface area (Å²) in [6.07, 6.45) is 87.9. The lowest BCUT2D eigenvalue weighted by molar-refractivity contribution is -0.161. The van der Waals surface area contributed by atoms with Gasteiger partial charge in [0.15, 0.2) is 12.2 Å². The topological polar surface area (TPSA) is 237 Å². The molecule has 0 saturated carbocycles. The van der Waals surface area contributed by atoms with Crippen molar-refractivity contribution in [3.63, 3.8) is 0 Å². The molecular formula is C89H158O17P2. The van der Waals surface area contributed by atoms with E-state index in [0.29, 0.717) is 25.7 Å². The highest BCUT2D eigenvalue weighted by Crippen LogP contribution is 2.45. The minimum Gasteiger partial charge on any atom is -0.462 e. The molecule has 0 aromatic rings. The molecule has 17 nitrogen and oxygen atoms in total. The third kappa shape index (κ3) is 80.0. The number of rotatable bonds is 82. The molecule has 0 aliphatic heterocycles. The third-order valence-corrected chi connectivity index (χ3v) is 20.5. The molecule has 108 heavy (non-hydrogen) atoms. The van der Waals surface area contributed by atoms with Gasteiger partial charge in [0.25, 0.3) is 0 Å². The van der Waals surface area contributed by atoms with Crippen LogP contribution in [0.15, 0.2) is 97.2 Å². The highest BCUT2D eigenvalue weighted by molar-refractivity contribution is 7.47. The Bertz CT molecular complexity index is 2420. The molecule has 0 spiro atoms. The smallest absolute Gasteiger partial charge is 0.462 e. The minimum absolute atomic E-state index is 0.0730. The number of hydrogen-bond acceptors (Lipinski definition) is 15. The standard InChI is InChI=1S/C89H158O17P2/c1-5-9-13-17-21-25-29-33-37-39-41-43-47-50-54-58-62-66-70-74-87(92)100-80-85(106-89(94)76-72-68-64-60-56-52-48-44-42-40-38-34-30-26-22-18-14-10-6-2)82-104-108(97,98)102-78-83(90)77-101-107(95,96)103-81-84(105-88(93)75-71-67-63-59-55-51-46-36-32-28-24-20-16-12-8-4)79-99-86(91)73-69-65-61-57-53-49-45-35-31-27-23-19-15-11-7-3/h9,13,21-22,25-26,33-34,37-38,41-44,50,54,83-85,90H,5-8,10-12,14-20,23-24,27-32,35-36,39-40,45-49,51-53,55-82H2,1-4H3,(H,95,96)(H,97,98)/b13-9-,25-21-,26-22-,37-33-,38-34-,43-41-,44-42-,54-50-. The van der Waals surface area contributed by atoms with Crippen LogP contribution in [0.3, 0.4) is 0 Å². The summed E-state index contributed by atoms with van der Waals surface area (Å²) in [7, 11) is -9.97. The molecule has 626 valence electrons. The predicted molar refractivity (Wildman–Crippen MR) is 446 cm³/mol. The van der Waals surface area contributed by atoms with Crippen LogP contribution in [0.5, 0.6) is 0 Å². The summed E-state index contributed by atoms with van der Waals surface area (Å²) in [6.45, 7) is 4.78. The van der Waals surface area contributed by atoms with Gasteiger partial charge in [0, 0.05) is 25.7 Å². The lowest BCUT2D eigenvalue weighted by atomic mass is 10.0. The first-order chi connectivity index (χ1) is 52.7. The van der Waals surface area contributed by atoms with Crippen molar-refractivity contribution in [1.82, 2.24) is 0 Å². The van der Waals surface area contributed by atoms with Gasteiger partial charge < -0.3 is 33.8 Å². The van der Waals surface area contributed by atoms with Crippen LogP contribution in [-0.2, 0) is 65.4 Å². The number of allylic oxidation sites excluding steroid dienone is 16. The number of unbranched alkanes of at least 4 members (excludes halogenated alkanes) is 40. The maximum Gasteiger partial charge on any atom is 0.472 e. The van der Waals surface area contributed by atoms with Gasteiger partial charge in [-0.05, 0) is 109 Å². The van der Waals surface area contributed by atoms with Crippen molar-refractivity contribution in [2.24, 2.45) is 0 Å². The molecule has 5 atom stereocenters. The van der Waals surface area contributed by atoms with Gasteiger partial charge in [0.1, 0.15) is 19.3 Å². The largest absolute Gasteiger partial charge is 0.472 e. The van der Waals surface area contributed by atoms with Crippen LogP contribution in [0.1, 0.15) is 387 Å². The number of phosphoric acid groups is 2. The minimum atomic E-state index is -4.99. The number of hydrogen-bond donors (Lipinski definition) is 3. The lowest BCUT2D eigenvalue weighted by Gasteiger charge is -2.21. The van der Waals surface area contributed by atoms with Crippen LogP contribution < -0.4 is 0 Å². The Balaban J connectivity index is 5.39. The Hall–Kier alpha value is -4.02. The Labute approximate surface area is 658 Å². The Morgan fingerprint density at radius 1 is 0.269 bits per heavy atom. The molecule has 0 aliphatic rings. The van der Waals surface area contributed by atoms with E-state index in [1.807, 2.05) is 0 Å². The number of esters is 4. The summed E-state index contributed by atoms with van der Waals surface area (Å²) in [4.78, 5) is 73.3. The van der Waals surface area contributed by atoms with Crippen LogP contribution >= 0.6 is 15.6 Å². The van der Waals surface area contributed by atoms with E-state index in [0.717, 1.165) is 154 Å². The molecule has 0 saturated heterocycles. The Morgan fingerprint density at radius 3 is 0.769 bits per heavy atom. The van der Waals surface area contributed by atoms with Gasteiger partial charge in [-0.2, -0.15) is 0 Å². The summed E-state index contributed by atoms with van der Waals surface area (Å²) < 4.78 is 68.8. The van der Waals surface area contributed by atoms with E-state index < -0.39 is 97.5 Å². The molecule has 0 aliphatic carbocycles. The first-order valence-electron chi connectivity index (χ1n) is 43.5. The molecule has 0 heterocycles. The van der Waals surface area contributed by atoms with E-state index in [-0.39, 0.29) is 25.7 Å². The van der Waals surface area contributed by atoms with Crippen LogP contribution in [0.25, 0.3) is 0 Å². The fourth-order valence-electron chi connectivity index (χ4n) is 12.0. The zero-order valence-corrected chi connectivity index (χ0v) is 70.6. The second-order valence-electron chi connectivity index (χ2n) is 29.1. The quantitative estimate of drug-likeness (QED) is 0.0169. The zero-order valence-electron chi connectivity index (χ0n) is 68.8. The molecule has 0 bridgehead atoms. The summed E-state index contributed by atoms with van der Waals surface area (Å²) in [5.41, 5.74) is 0. The predicted octanol–water partition coefficient (Wildman–Crippen LogP) is 25.9. The number of aliphatic hydroxyl groups is 1. The number of phosphoric ester groups is 2. The van der Waals surface area contributed by atoms with E-state index in [1.54, 1.807) is 0 Å². The van der Waals surface area contributed by atoms with Gasteiger partial charge in [-0.25, -0.2) is 9.13 Å². The van der Waals surface area contributed by atoms with Crippen LogP contribution in [-0.4, -0.2) is 96.7 Å². The third-order valence-electron chi connectivity index (χ3n) is 18.6. The van der Waals surface area contributed by atoms with Gasteiger partial charge in [-0.15, -0.1) is 0 Å². The van der Waals surface area contributed by atoms with E-state index in [4.69, 9.17) is 37.0 Å². The van der Waals surface area contributed by atoms with Crippen molar-refractivity contribution in [3.8, 4) is 0 Å². The second-order valence-corrected chi connectivity index (χ2v) is 32.0. The monoisotopic (exact) mass is 1560 g/mol. The number of carbonyl (C=O) groups excluding carboxylic acids is 4. The van der Waals surface area contributed by atoms with Crippen LogP contribution in [0.2, 0.25) is 0 Å². The van der Waals surface area contributed by atoms with Gasteiger partial charge in [0.05, 0.1) is 26.4 Å². The molecule has 0 aromatic heterocycles. The van der Waals surface area contributed by atoms with E-state index >= 15 is 0 Å². The lowest BCUT2D eigenvalue weighted by Crippen LogP contribution is -2.30. The summed E-state index contributed by atoms with van der Waals surface area (Å²) in [6, 6.07) is 0. The molecule has 5 unspecified atom stereocenters. The first kappa shape index (κ1) is 104. The van der Waals surface area contributed by atoms with Gasteiger partial charge in [-0.1, -0.05) is 350 Å². The van der Waals surface area contributed by atoms with Gasteiger partial charge >= 0.3 is 39.5 Å². The molecule has 0 radical (unpaired) electrons. The van der Waals surface area contributed by atoms with E-state index in [9.17, 15) is 43.2 Å². The van der Waals surface area contributed by atoms with Crippen molar-refractivity contribution >= 4 is 39.5 Å². The van der Waals surface area contributed by atoms with Crippen molar-refractivity contribution in [2.45, 2.75) is 406 Å². The van der Waals surface area contributed by atoms with Gasteiger partial charge in [-0.3, -0.25) is 37.3 Å². The highest BCUT2D eigenvalue weighted by Gasteiger charge is 2.30. The number of aliphatic hydroxyl groups excluding tert-OH is 1. The Morgan fingerprint density at radius 2 is 0.481 bits per heavy atom. The average Bonchev–Trinajstić information content (AvgIpc) is 0.896. The van der Waals surface area contributed by atoms with E-state index in [1.165, 1.54) is 154 Å². The molecule has 0 rings (SSSR count). The Kier molecular flexibility index (Phi) is 78.0. The number of ether oxygens (including phenoxy) is 4. The maximum absolute atomic E-state index is 13.1. The molecule has 3 N–H and O–H groups in total. The fraction of sp³-hybridized carbons (Fsp3) is 0.775. The molecule has 0 aromatic carbocycles. The second kappa shape index (κ2) is 81.0. The van der Waals surface area contributed by atoms with Crippen LogP contribution in [0.4, 0.5) is 0 Å². The average molecular weight is 1560 g/mol. The normalized spacial score (nSPS) is 14.2.